The molecule has 0 unspecified atom stereocenters. The topological polar surface area (TPSA) is 108 Å². The fraction of sp³-hybridized carbons (Fsp3) is 0.118. The maximum Gasteiger partial charge on any atom is 0.342 e. The van der Waals surface area contributed by atoms with E-state index < -0.39 is 24.4 Å². The molecule has 0 atom stereocenters. The lowest BCUT2D eigenvalue weighted by Gasteiger charge is -2.10. The van der Waals surface area contributed by atoms with Gasteiger partial charge in [0.1, 0.15) is 11.3 Å². The molecule has 0 fully saturated rings. The van der Waals surface area contributed by atoms with Crippen LogP contribution in [0.4, 0.5) is 5.69 Å². The molecule has 3 N–H and O–H groups in total. The molecule has 0 saturated carbocycles. The molecule has 0 aliphatic heterocycles. The average molecular weight is 363 g/mol. The Bertz CT molecular complexity index is 777. The van der Waals surface area contributed by atoms with E-state index in [1.807, 2.05) is 0 Å². The van der Waals surface area contributed by atoms with Gasteiger partial charge in [-0.15, -0.1) is 0 Å². The molecule has 0 spiro atoms. The van der Waals surface area contributed by atoms with Crippen molar-refractivity contribution in [3.8, 4) is 5.75 Å². The highest BCUT2D eigenvalue weighted by Crippen LogP contribution is 2.19. The summed E-state index contributed by atoms with van der Waals surface area (Å²) in [5, 5.41) is 3.10. The first kappa shape index (κ1) is 18.3. The lowest BCUT2D eigenvalue weighted by Crippen LogP contribution is -2.22. The second-order valence-corrected chi connectivity index (χ2v) is 5.32. The van der Waals surface area contributed by atoms with E-state index in [-0.39, 0.29) is 17.9 Å². The molecule has 2 aromatic carbocycles. The van der Waals surface area contributed by atoms with Crippen LogP contribution in [0.15, 0.2) is 48.5 Å². The van der Waals surface area contributed by atoms with Gasteiger partial charge in [0.05, 0.1) is 0 Å². The number of esters is 1. The molecule has 0 heterocycles. The van der Waals surface area contributed by atoms with Crippen molar-refractivity contribution in [1.82, 2.24) is 0 Å². The molecule has 0 saturated heterocycles. The summed E-state index contributed by atoms with van der Waals surface area (Å²) in [7, 11) is 0. The Morgan fingerprint density at radius 3 is 2.36 bits per heavy atom. The smallest absolute Gasteiger partial charge is 0.342 e. The summed E-state index contributed by atoms with van der Waals surface area (Å²) < 4.78 is 10.1. The maximum absolute atomic E-state index is 12.1. The predicted molar refractivity (Wildman–Crippen MR) is 91.5 cm³/mol. The van der Waals surface area contributed by atoms with Gasteiger partial charge >= 0.3 is 5.97 Å². The molecule has 0 aromatic heterocycles. The van der Waals surface area contributed by atoms with E-state index >= 15 is 0 Å². The van der Waals surface area contributed by atoms with Gasteiger partial charge in [-0.3, -0.25) is 9.59 Å². The number of benzene rings is 2. The number of nitrogens with two attached hydrogens (primary N) is 1. The van der Waals surface area contributed by atoms with E-state index in [9.17, 15) is 14.4 Å². The van der Waals surface area contributed by atoms with Gasteiger partial charge in [0.15, 0.2) is 13.2 Å². The molecule has 2 rings (SSSR count). The largest absolute Gasteiger partial charge is 0.483 e. The zero-order valence-corrected chi connectivity index (χ0v) is 13.8. The van der Waals surface area contributed by atoms with Crippen LogP contribution >= 0.6 is 11.6 Å². The minimum atomic E-state index is -0.758. The van der Waals surface area contributed by atoms with Crippen LogP contribution in [-0.4, -0.2) is 31.0 Å². The summed E-state index contributed by atoms with van der Waals surface area (Å²) in [6, 6.07) is 12.7. The number of hydrogen-bond acceptors (Lipinski definition) is 5. The van der Waals surface area contributed by atoms with Crippen LogP contribution < -0.4 is 15.8 Å². The van der Waals surface area contributed by atoms with E-state index in [1.165, 1.54) is 12.1 Å². The number of primary amides is 1. The third-order valence-corrected chi connectivity index (χ3v) is 3.19. The highest BCUT2D eigenvalue weighted by Gasteiger charge is 2.15. The van der Waals surface area contributed by atoms with Gasteiger partial charge in [-0.2, -0.15) is 0 Å². The zero-order chi connectivity index (χ0) is 18.2. The van der Waals surface area contributed by atoms with Crippen molar-refractivity contribution in [2.24, 2.45) is 5.73 Å². The standard InChI is InChI=1S/C17H15ClN2O5/c18-11-5-7-12(8-6-11)20-16(22)10-25-17(23)13-3-1-2-4-14(13)24-9-15(19)21/h1-8H,9-10H2,(H2,19,21)(H,20,22). The van der Waals surface area contributed by atoms with E-state index in [0.717, 1.165) is 0 Å². The summed E-state index contributed by atoms with van der Waals surface area (Å²) in [6.07, 6.45) is 0. The Labute approximate surface area is 148 Å². The van der Waals surface area contributed by atoms with Gasteiger partial charge in [-0.1, -0.05) is 23.7 Å². The maximum atomic E-state index is 12.1. The molecule has 0 aliphatic carbocycles. The van der Waals surface area contributed by atoms with Crippen LogP contribution in [0.25, 0.3) is 0 Å². The number of nitrogens with one attached hydrogen (secondary N) is 1. The Morgan fingerprint density at radius 2 is 1.68 bits per heavy atom. The van der Waals surface area contributed by atoms with E-state index in [1.54, 1.807) is 36.4 Å². The zero-order valence-electron chi connectivity index (χ0n) is 13.0. The first-order valence-electron chi connectivity index (χ1n) is 7.18. The Kier molecular flexibility index (Phi) is 6.36. The molecular weight excluding hydrogens is 348 g/mol. The lowest BCUT2D eigenvalue weighted by molar-refractivity contribution is -0.120. The third kappa shape index (κ3) is 5.82. The fourth-order valence-electron chi connectivity index (χ4n) is 1.85. The third-order valence-electron chi connectivity index (χ3n) is 2.94. The van der Waals surface area contributed by atoms with Crippen molar-refractivity contribution in [2.45, 2.75) is 0 Å². The highest BCUT2D eigenvalue weighted by atomic mass is 35.5. The van der Waals surface area contributed by atoms with Gasteiger partial charge in [0.2, 0.25) is 0 Å². The molecule has 2 aromatic rings. The van der Waals surface area contributed by atoms with Crippen molar-refractivity contribution < 1.29 is 23.9 Å². The molecule has 130 valence electrons. The van der Waals surface area contributed by atoms with Crippen LogP contribution in [-0.2, 0) is 14.3 Å². The summed E-state index contributed by atoms with van der Waals surface area (Å²) in [4.78, 5) is 34.7. The Hall–Kier alpha value is -3.06. The molecule has 2 amide bonds. The number of carbonyl (C=O) groups excluding carboxylic acids is 3. The van der Waals surface area contributed by atoms with Crippen molar-refractivity contribution in [3.63, 3.8) is 0 Å². The minimum absolute atomic E-state index is 0.0862. The number of anilines is 1. The molecular formula is C17H15ClN2O5. The SMILES string of the molecule is NC(=O)COc1ccccc1C(=O)OCC(=O)Nc1ccc(Cl)cc1. The Balaban J connectivity index is 1.92. The van der Waals surface area contributed by atoms with Gasteiger partial charge in [0, 0.05) is 10.7 Å². The first-order valence-corrected chi connectivity index (χ1v) is 7.56. The van der Waals surface area contributed by atoms with Crippen molar-refractivity contribution in [1.29, 1.82) is 0 Å². The normalized spacial score (nSPS) is 9.96. The number of amides is 2. The van der Waals surface area contributed by atoms with Crippen molar-refractivity contribution in [3.05, 3.63) is 59.1 Å². The minimum Gasteiger partial charge on any atom is -0.483 e. The molecule has 0 bridgehead atoms. The molecule has 0 radical (unpaired) electrons. The fourth-order valence-corrected chi connectivity index (χ4v) is 1.98. The van der Waals surface area contributed by atoms with Crippen LogP contribution in [0, 0.1) is 0 Å². The Morgan fingerprint density at radius 1 is 1.00 bits per heavy atom. The first-order chi connectivity index (χ1) is 12.0. The number of halogens is 1. The predicted octanol–water partition coefficient (Wildman–Crippen LogP) is 2.00. The monoisotopic (exact) mass is 362 g/mol. The van der Waals surface area contributed by atoms with Gasteiger partial charge in [0.25, 0.3) is 11.8 Å². The molecule has 7 nitrogen and oxygen atoms in total. The number of hydrogen-bond donors (Lipinski definition) is 2. The molecule has 8 heteroatoms. The van der Waals surface area contributed by atoms with Crippen LogP contribution in [0.3, 0.4) is 0 Å². The quantitative estimate of drug-likeness (QED) is 0.732. The van der Waals surface area contributed by atoms with Crippen molar-refractivity contribution in [2.75, 3.05) is 18.5 Å². The van der Waals surface area contributed by atoms with E-state index in [0.29, 0.717) is 10.7 Å². The number of ether oxygens (including phenoxy) is 2. The second kappa shape index (κ2) is 8.70. The van der Waals surface area contributed by atoms with Gasteiger partial charge in [-0.25, -0.2) is 4.79 Å². The van der Waals surface area contributed by atoms with E-state index in [2.05, 4.69) is 5.32 Å². The number of carbonyl (C=O) groups is 3. The second-order valence-electron chi connectivity index (χ2n) is 4.88. The van der Waals surface area contributed by atoms with Gasteiger partial charge < -0.3 is 20.5 Å². The summed E-state index contributed by atoms with van der Waals surface area (Å²) in [6.45, 7) is -0.854. The molecule has 0 aliphatic rings. The van der Waals surface area contributed by atoms with Crippen LogP contribution in [0.5, 0.6) is 5.75 Å². The summed E-state index contributed by atoms with van der Waals surface area (Å²) in [5.41, 5.74) is 5.62. The van der Waals surface area contributed by atoms with Crippen LogP contribution in [0.1, 0.15) is 10.4 Å². The van der Waals surface area contributed by atoms with Gasteiger partial charge in [-0.05, 0) is 36.4 Å². The molecule has 25 heavy (non-hydrogen) atoms. The van der Waals surface area contributed by atoms with E-state index in [4.69, 9.17) is 26.8 Å². The summed E-state index contributed by atoms with van der Waals surface area (Å²) >= 11 is 5.76. The average Bonchev–Trinajstić information content (AvgIpc) is 2.60. The number of para-hydroxylation sites is 1. The number of rotatable bonds is 7. The lowest BCUT2D eigenvalue weighted by atomic mass is 10.2. The van der Waals surface area contributed by atoms with Crippen molar-refractivity contribution >= 4 is 35.1 Å². The van der Waals surface area contributed by atoms with Crippen LogP contribution in [0.2, 0.25) is 5.02 Å². The highest BCUT2D eigenvalue weighted by molar-refractivity contribution is 6.30. The summed E-state index contributed by atoms with van der Waals surface area (Å²) in [5.74, 6) is -1.80.